The average molecular weight is 298 g/mol. The molecular formula is C16H26O5. The van der Waals surface area contributed by atoms with E-state index in [4.69, 9.17) is 9.47 Å². The summed E-state index contributed by atoms with van der Waals surface area (Å²) in [5.41, 5.74) is -2.28. The van der Waals surface area contributed by atoms with Gasteiger partial charge in [0.2, 0.25) is 0 Å². The topological polar surface area (TPSA) is 76.0 Å². The summed E-state index contributed by atoms with van der Waals surface area (Å²) in [4.78, 5) is 12.6. The maximum Gasteiger partial charge on any atom is 0.193 e. The molecule has 3 fully saturated rings. The van der Waals surface area contributed by atoms with Crippen LogP contribution < -0.4 is 0 Å². The molecule has 0 unspecified atom stereocenters. The molecule has 3 rings (SSSR count). The highest BCUT2D eigenvalue weighted by Crippen LogP contribution is 2.66. The van der Waals surface area contributed by atoms with Crippen molar-refractivity contribution in [1.82, 2.24) is 0 Å². The first-order valence-corrected chi connectivity index (χ1v) is 7.71. The van der Waals surface area contributed by atoms with Gasteiger partial charge in [0.05, 0.1) is 12.0 Å². The zero-order valence-electron chi connectivity index (χ0n) is 13.4. The second-order valence-electron chi connectivity index (χ2n) is 8.03. The van der Waals surface area contributed by atoms with E-state index in [0.29, 0.717) is 0 Å². The number of hydrogen-bond acceptors (Lipinski definition) is 5. The van der Waals surface area contributed by atoms with Crippen LogP contribution in [0.15, 0.2) is 0 Å². The lowest BCUT2D eigenvalue weighted by atomic mass is 9.44. The van der Waals surface area contributed by atoms with Crippen molar-refractivity contribution in [1.29, 1.82) is 0 Å². The van der Waals surface area contributed by atoms with Crippen molar-refractivity contribution in [3.05, 3.63) is 0 Å². The second-order valence-corrected chi connectivity index (χ2v) is 8.03. The fraction of sp³-hybridized carbons (Fsp3) is 0.938. The maximum atomic E-state index is 12.6. The molecule has 1 heterocycles. The molecule has 0 aromatic heterocycles. The molecule has 0 bridgehead atoms. The van der Waals surface area contributed by atoms with Crippen LogP contribution in [-0.2, 0) is 14.3 Å². The predicted molar refractivity (Wildman–Crippen MR) is 75.4 cm³/mol. The minimum atomic E-state index is -1.63. The van der Waals surface area contributed by atoms with Gasteiger partial charge in [-0.25, -0.2) is 0 Å². The standard InChI is InChI=1S/C16H26O5/c1-14(2)7-6-8-15(3)10(14)9(17)12(18)16(4,19)11(15)13(20-5)21-8/h8-11,13,17,19H,6-7H2,1-5H3/t8-,9-,10-,11-,13-,15-,16+/m0/s1. The van der Waals surface area contributed by atoms with Gasteiger partial charge in [0, 0.05) is 18.4 Å². The largest absolute Gasteiger partial charge is 0.385 e. The van der Waals surface area contributed by atoms with Gasteiger partial charge in [0.25, 0.3) is 0 Å². The van der Waals surface area contributed by atoms with Crippen LogP contribution in [0.5, 0.6) is 0 Å². The average Bonchev–Trinajstić information content (AvgIpc) is 2.67. The van der Waals surface area contributed by atoms with Gasteiger partial charge in [-0.15, -0.1) is 0 Å². The van der Waals surface area contributed by atoms with E-state index < -0.39 is 35.1 Å². The first kappa shape index (κ1) is 15.4. The summed E-state index contributed by atoms with van der Waals surface area (Å²) in [5, 5.41) is 21.4. The molecule has 120 valence electrons. The van der Waals surface area contributed by atoms with Crippen LogP contribution in [0, 0.1) is 22.7 Å². The highest BCUT2D eigenvalue weighted by molar-refractivity contribution is 5.92. The molecule has 5 nitrogen and oxygen atoms in total. The third-order valence-electron chi connectivity index (χ3n) is 6.42. The first-order chi connectivity index (χ1) is 9.58. The number of aliphatic hydroxyl groups is 2. The summed E-state index contributed by atoms with van der Waals surface area (Å²) in [5.74, 6) is -1.20. The van der Waals surface area contributed by atoms with Gasteiger partial charge in [0.1, 0.15) is 11.7 Å². The number of ketones is 1. The van der Waals surface area contributed by atoms with Crippen LogP contribution in [0.1, 0.15) is 40.5 Å². The SMILES string of the molecule is CO[C@H]1O[C@H]2CCC(C)(C)[C@@H]3[C@H](O)C(=O)[C@](C)(O)[C@@H]1[C@@]23C. The Hall–Kier alpha value is -0.490. The molecule has 2 N–H and O–H groups in total. The van der Waals surface area contributed by atoms with E-state index in [1.807, 2.05) is 6.92 Å². The van der Waals surface area contributed by atoms with Crippen LogP contribution in [0.25, 0.3) is 0 Å². The molecule has 7 atom stereocenters. The Balaban J connectivity index is 2.19. The zero-order chi connectivity index (χ0) is 15.8. The molecule has 0 radical (unpaired) electrons. The summed E-state index contributed by atoms with van der Waals surface area (Å²) in [6.07, 6.45) is -0.123. The monoisotopic (exact) mass is 298 g/mol. The lowest BCUT2D eigenvalue weighted by Crippen LogP contribution is -2.70. The maximum absolute atomic E-state index is 12.6. The number of carbonyl (C=O) groups is 1. The summed E-state index contributed by atoms with van der Waals surface area (Å²) in [6.45, 7) is 7.71. The minimum absolute atomic E-state index is 0.0975. The Kier molecular flexibility index (Phi) is 3.14. The quantitative estimate of drug-likeness (QED) is 0.758. The van der Waals surface area contributed by atoms with E-state index in [2.05, 4.69) is 13.8 Å². The number of aliphatic hydroxyl groups excluding tert-OH is 1. The Morgan fingerprint density at radius 1 is 1.24 bits per heavy atom. The van der Waals surface area contributed by atoms with E-state index in [1.54, 1.807) is 0 Å². The van der Waals surface area contributed by atoms with E-state index >= 15 is 0 Å². The summed E-state index contributed by atoms with van der Waals surface area (Å²) < 4.78 is 11.4. The lowest BCUT2D eigenvalue weighted by molar-refractivity contribution is -0.212. The smallest absolute Gasteiger partial charge is 0.193 e. The Labute approximate surface area is 125 Å². The normalized spacial score (nSPS) is 55.4. The molecule has 1 aliphatic heterocycles. The third-order valence-corrected chi connectivity index (χ3v) is 6.42. The number of ether oxygens (including phenoxy) is 2. The third kappa shape index (κ3) is 1.69. The van der Waals surface area contributed by atoms with E-state index in [0.717, 1.165) is 12.8 Å². The van der Waals surface area contributed by atoms with Crippen LogP contribution in [-0.4, -0.2) is 47.2 Å². The van der Waals surface area contributed by atoms with Crippen LogP contribution in [0.4, 0.5) is 0 Å². The summed E-state index contributed by atoms with van der Waals surface area (Å²) in [7, 11) is 1.54. The highest BCUT2D eigenvalue weighted by Gasteiger charge is 2.73. The van der Waals surface area contributed by atoms with Crippen molar-refractivity contribution in [2.45, 2.75) is 64.6 Å². The Bertz CT molecular complexity index is 471. The van der Waals surface area contributed by atoms with Gasteiger partial charge in [0.15, 0.2) is 12.1 Å². The number of carbonyl (C=O) groups excluding carboxylic acids is 1. The van der Waals surface area contributed by atoms with Crippen molar-refractivity contribution in [3.63, 3.8) is 0 Å². The summed E-state index contributed by atoms with van der Waals surface area (Å²) >= 11 is 0. The van der Waals surface area contributed by atoms with Gasteiger partial charge in [-0.3, -0.25) is 4.79 Å². The number of Topliss-reactive ketones (excluding diaryl/α,β-unsaturated/α-hetero) is 1. The van der Waals surface area contributed by atoms with Crippen LogP contribution in [0.2, 0.25) is 0 Å². The summed E-state index contributed by atoms with van der Waals surface area (Å²) in [6, 6.07) is 0. The van der Waals surface area contributed by atoms with Gasteiger partial charge >= 0.3 is 0 Å². The van der Waals surface area contributed by atoms with Gasteiger partial charge in [-0.1, -0.05) is 20.8 Å². The van der Waals surface area contributed by atoms with Crippen LogP contribution in [0.3, 0.4) is 0 Å². The predicted octanol–water partition coefficient (Wildman–Crippen LogP) is 1.11. The molecular weight excluding hydrogens is 272 g/mol. The number of hydrogen-bond donors (Lipinski definition) is 2. The van der Waals surface area contributed by atoms with Gasteiger partial charge < -0.3 is 19.7 Å². The molecule has 0 spiro atoms. The molecule has 2 saturated carbocycles. The van der Waals surface area contributed by atoms with Crippen molar-refractivity contribution in [3.8, 4) is 0 Å². The fourth-order valence-electron chi connectivity index (χ4n) is 5.59. The molecule has 21 heavy (non-hydrogen) atoms. The van der Waals surface area contributed by atoms with Gasteiger partial charge in [-0.2, -0.15) is 0 Å². The van der Waals surface area contributed by atoms with Crippen molar-refractivity contribution >= 4 is 5.78 Å². The molecule has 1 saturated heterocycles. The number of rotatable bonds is 1. The molecule has 0 aromatic carbocycles. The molecule has 3 aliphatic rings. The minimum Gasteiger partial charge on any atom is -0.385 e. The van der Waals surface area contributed by atoms with E-state index in [-0.39, 0.29) is 17.4 Å². The molecule has 0 amide bonds. The Morgan fingerprint density at radius 3 is 2.43 bits per heavy atom. The van der Waals surface area contributed by atoms with Crippen LogP contribution >= 0.6 is 0 Å². The lowest BCUT2D eigenvalue weighted by Gasteiger charge is -2.60. The molecule has 2 aliphatic carbocycles. The van der Waals surface area contributed by atoms with Crippen molar-refractivity contribution in [2.75, 3.05) is 7.11 Å². The second kappa shape index (κ2) is 4.28. The molecule has 0 aromatic rings. The number of methoxy groups -OCH3 is 1. The van der Waals surface area contributed by atoms with Crippen molar-refractivity contribution < 1.29 is 24.5 Å². The van der Waals surface area contributed by atoms with Gasteiger partial charge in [-0.05, 0) is 25.2 Å². The zero-order valence-corrected chi connectivity index (χ0v) is 13.4. The highest BCUT2D eigenvalue weighted by atomic mass is 16.7. The van der Waals surface area contributed by atoms with Crippen molar-refractivity contribution in [2.24, 2.45) is 22.7 Å². The van der Waals surface area contributed by atoms with E-state index in [1.165, 1.54) is 14.0 Å². The first-order valence-electron chi connectivity index (χ1n) is 7.71. The Morgan fingerprint density at radius 2 is 1.86 bits per heavy atom. The molecule has 5 heteroatoms. The van der Waals surface area contributed by atoms with E-state index in [9.17, 15) is 15.0 Å². The fourth-order valence-corrected chi connectivity index (χ4v) is 5.59.